The molecule has 0 aliphatic rings. The van der Waals surface area contributed by atoms with Crippen LogP contribution in [0.3, 0.4) is 0 Å². The molecule has 0 aliphatic carbocycles. The molecule has 0 fully saturated rings. The predicted octanol–water partition coefficient (Wildman–Crippen LogP) is 3.55. The lowest BCUT2D eigenvalue weighted by Crippen LogP contribution is -2.43. The normalized spacial score (nSPS) is 15.4. The van der Waals surface area contributed by atoms with E-state index in [0.717, 1.165) is 0 Å². The van der Waals surface area contributed by atoms with Crippen molar-refractivity contribution >= 4 is 25.2 Å². The largest absolute Gasteiger partial charge is 0.414 e. The molecule has 0 saturated heterocycles. The van der Waals surface area contributed by atoms with Crippen molar-refractivity contribution in [2.45, 2.75) is 58.4 Å². The van der Waals surface area contributed by atoms with E-state index in [4.69, 9.17) is 16.0 Å². The summed E-state index contributed by atoms with van der Waals surface area (Å²) in [6.45, 7) is 12.8. The molecule has 0 heterocycles. The molecule has 0 bridgehead atoms. The molecule has 0 aromatic rings. The first-order valence-electron chi connectivity index (χ1n) is 4.92. The van der Waals surface area contributed by atoms with Crippen molar-refractivity contribution in [3.05, 3.63) is 0 Å². The molecule has 2 nitrogen and oxygen atoms in total. The molecule has 0 aromatic heterocycles. The molecule has 1 atom stereocenters. The van der Waals surface area contributed by atoms with E-state index in [2.05, 4.69) is 33.9 Å². The molecule has 84 valence electrons. The minimum Gasteiger partial charge on any atom is -0.414 e. The van der Waals surface area contributed by atoms with Crippen molar-refractivity contribution in [2.24, 2.45) is 0 Å². The number of carbonyl (C=O) groups excluding carboxylic acids is 1. The molecule has 0 radical (unpaired) electrons. The molecule has 4 heteroatoms. The first kappa shape index (κ1) is 14.1. The summed E-state index contributed by atoms with van der Waals surface area (Å²) < 4.78 is 5.95. The van der Waals surface area contributed by atoms with E-state index in [0.29, 0.717) is 6.42 Å². The van der Waals surface area contributed by atoms with Crippen molar-refractivity contribution in [1.29, 1.82) is 0 Å². The third kappa shape index (κ3) is 4.58. The van der Waals surface area contributed by atoms with Crippen LogP contribution >= 0.6 is 11.6 Å². The van der Waals surface area contributed by atoms with Crippen LogP contribution in [0.4, 0.5) is 0 Å². The van der Waals surface area contributed by atoms with Crippen molar-refractivity contribution in [2.75, 3.05) is 0 Å². The summed E-state index contributed by atoms with van der Waals surface area (Å²) in [5, 5.41) is -0.146. The highest BCUT2D eigenvalue weighted by Crippen LogP contribution is 2.37. The smallest absolute Gasteiger partial charge is 0.224 e. The van der Waals surface area contributed by atoms with E-state index in [9.17, 15) is 4.79 Å². The van der Waals surface area contributed by atoms with Gasteiger partial charge >= 0.3 is 0 Å². The van der Waals surface area contributed by atoms with Gasteiger partial charge < -0.3 is 4.43 Å². The molecule has 0 spiro atoms. The molecule has 0 aromatic carbocycles. The third-order valence-corrected chi connectivity index (χ3v) is 7.51. The van der Waals surface area contributed by atoms with Crippen LogP contribution in [0.1, 0.15) is 34.1 Å². The standard InChI is InChI=1S/C10H21ClO2Si/c1-8(7-9(11)12)13-14(5,6)10(2,3)4/h8H,7H2,1-6H3/t8-/m1/s1. The van der Waals surface area contributed by atoms with Gasteiger partial charge in [-0.3, -0.25) is 4.79 Å². The summed E-state index contributed by atoms with van der Waals surface area (Å²) >= 11 is 5.31. The van der Waals surface area contributed by atoms with Crippen LogP contribution in [-0.4, -0.2) is 19.7 Å². The highest BCUT2D eigenvalue weighted by atomic mass is 35.5. The van der Waals surface area contributed by atoms with Crippen LogP contribution < -0.4 is 0 Å². The molecule has 0 amide bonds. The van der Waals surface area contributed by atoms with Gasteiger partial charge in [0.15, 0.2) is 8.32 Å². The van der Waals surface area contributed by atoms with Gasteiger partial charge in [0.05, 0.1) is 6.10 Å². The van der Waals surface area contributed by atoms with Gasteiger partial charge in [-0.25, -0.2) is 0 Å². The minimum atomic E-state index is -1.75. The van der Waals surface area contributed by atoms with Gasteiger partial charge in [-0.15, -0.1) is 0 Å². The Morgan fingerprint density at radius 3 is 2.14 bits per heavy atom. The summed E-state index contributed by atoms with van der Waals surface area (Å²) in [5.74, 6) is 0. The van der Waals surface area contributed by atoms with Gasteiger partial charge in [-0.1, -0.05) is 20.8 Å². The second kappa shape index (κ2) is 4.77. The molecule has 0 aliphatic heterocycles. The van der Waals surface area contributed by atoms with Gasteiger partial charge in [0.1, 0.15) is 0 Å². The summed E-state index contributed by atoms with van der Waals surface area (Å²) in [6, 6.07) is 0. The highest BCUT2D eigenvalue weighted by Gasteiger charge is 2.38. The zero-order valence-electron chi connectivity index (χ0n) is 9.98. The summed E-state index contributed by atoms with van der Waals surface area (Å²) in [6.07, 6.45) is 0.231. The SMILES string of the molecule is C[C@H](CC(=O)Cl)O[Si](C)(C)C(C)(C)C. The Balaban J connectivity index is 4.29. The maximum absolute atomic E-state index is 10.7. The quantitative estimate of drug-likeness (QED) is 0.551. The molecular weight excluding hydrogens is 216 g/mol. The molecular formula is C10H21ClO2Si. The lowest BCUT2D eigenvalue weighted by Gasteiger charge is -2.38. The van der Waals surface area contributed by atoms with Crippen molar-refractivity contribution in [1.82, 2.24) is 0 Å². The number of halogens is 1. The van der Waals surface area contributed by atoms with Crippen LogP contribution in [0.2, 0.25) is 18.1 Å². The van der Waals surface area contributed by atoms with Crippen LogP contribution in [-0.2, 0) is 9.22 Å². The Bertz CT molecular complexity index is 209. The molecule has 0 saturated carbocycles. The summed E-state index contributed by atoms with van der Waals surface area (Å²) in [4.78, 5) is 10.7. The van der Waals surface area contributed by atoms with Crippen molar-refractivity contribution in [3.63, 3.8) is 0 Å². The lowest BCUT2D eigenvalue weighted by molar-refractivity contribution is -0.113. The van der Waals surface area contributed by atoms with Crippen LogP contribution in [0.15, 0.2) is 0 Å². The molecule has 14 heavy (non-hydrogen) atoms. The summed E-state index contributed by atoms with van der Waals surface area (Å²) in [7, 11) is -1.75. The fourth-order valence-electron chi connectivity index (χ4n) is 0.947. The molecule has 0 N–H and O–H groups in total. The second-order valence-electron chi connectivity index (χ2n) is 5.25. The minimum absolute atomic E-state index is 0.0686. The number of carbonyl (C=O) groups is 1. The van der Waals surface area contributed by atoms with Crippen LogP contribution in [0.5, 0.6) is 0 Å². The van der Waals surface area contributed by atoms with E-state index in [-0.39, 0.29) is 16.4 Å². The predicted molar refractivity (Wildman–Crippen MR) is 63.2 cm³/mol. The van der Waals surface area contributed by atoms with Crippen molar-refractivity contribution in [3.8, 4) is 0 Å². The second-order valence-corrected chi connectivity index (χ2v) is 10.4. The average Bonchev–Trinajstić information content (AvgIpc) is 1.79. The van der Waals surface area contributed by atoms with Gasteiger partial charge in [0, 0.05) is 6.42 Å². The van der Waals surface area contributed by atoms with E-state index in [1.807, 2.05) is 6.92 Å². The highest BCUT2D eigenvalue weighted by molar-refractivity contribution is 6.74. The average molecular weight is 237 g/mol. The first-order chi connectivity index (χ1) is 6.06. The van der Waals surface area contributed by atoms with Gasteiger partial charge in [-0.05, 0) is 36.7 Å². The maximum Gasteiger partial charge on any atom is 0.224 e. The van der Waals surface area contributed by atoms with Crippen LogP contribution in [0, 0.1) is 0 Å². The van der Waals surface area contributed by atoms with E-state index >= 15 is 0 Å². The Morgan fingerprint density at radius 1 is 1.43 bits per heavy atom. The number of hydrogen-bond acceptors (Lipinski definition) is 2. The monoisotopic (exact) mass is 236 g/mol. The molecule has 0 unspecified atom stereocenters. The fraction of sp³-hybridized carbons (Fsp3) is 0.900. The number of rotatable bonds is 4. The first-order valence-corrected chi connectivity index (χ1v) is 8.21. The molecule has 0 rings (SSSR count). The third-order valence-electron chi connectivity index (χ3n) is 2.75. The van der Waals surface area contributed by atoms with Gasteiger partial charge in [-0.2, -0.15) is 0 Å². The Hall–Kier alpha value is 0.137. The van der Waals surface area contributed by atoms with Gasteiger partial charge in [0.2, 0.25) is 5.24 Å². The van der Waals surface area contributed by atoms with E-state index in [1.54, 1.807) is 0 Å². The Labute approximate surface area is 93.1 Å². The fourth-order valence-corrected chi connectivity index (χ4v) is 2.61. The van der Waals surface area contributed by atoms with Crippen molar-refractivity contribution < 1.29 is 9.22 Å². The summed E-state index contributed by atoms with van der Waals surface area (Å²) in [5.41, 5.74) is 0. The van der Waals surface area contributed by atoms with Crippen LogP contribution in [0.25, 0.3) is 0 Å². The zero-order chi connectivity index (χ0) is 11.6. The Morgan fingerprint density at radius 2 is 1.86 bits per heavy atom. The maximum atomic E-state index is 10.7. The van der Waals surface area contributed by atoms with E-state index < -0.39 is 8.32 Å². The van der Waals surface area contributed by atoms with Gasteiger partial charge in [0.25, 0.3) is 0 Å². The topological polar surface area (TPSA) is 26.3 Å². The Kier molecular flexibility index (Phi) is 4.82. The lowest BCUT2D eigenvalue weighted by atomic mass is 10.2. The van der Waals surface area contributed by atoms with E-state index in [1.165, 1.54) is 0 Å². The zero-order valence-corrected chi connectivity index (χ0v) is 11.7. The number of hydrogen-bond donors (Lipinski definition) is 0.